The molecule has 1 unspecified atom stereocenters. The molecule has 0 saturated heterocycles. The van der Waals surface area contributed by atoms with E-state index >= 15 is 0 Å². The zero-order valence-electron chi connectivity index (χ0n) is 18.2. The lowest BCUT2D eigenvalue weighted by atomic mass is 10.0. The Labute approximate surface area is 209 Å². The molecule has 0 heterocycles. The minimum absolute atomic E-state index is 0.0171. The van der Waals surface area contributed by atoms with Gasteiger partial charge in [0.15, 0.2) is 0 Å². The Morgan fingerprint density at radius 1 is 0.848 bits per heavy atom. The van der Waals surface area contributed by atoms with Crippen LogP contribution in [0.25, 0.3) is 0 Å². The highest BCUT2D eigenvalue weighted by molar-refractivity contribution is 6.36. The van der Waals surface area contributed by atoms with E-state index in [1.54, 1.807) is 35.2 Å². The number of carbonyl (C=O) groups is 2. The lowest BCUT2D eigenvalue weighted by Crippen LogP contribution is -2.51. The molecule has 0 radical (unpaired) electrons. The van der Waals surface area contributed by atoms with E-state index in [-0.39, 0.29) is 24.8 Å². The molecule has 1 atom stereocenters. The first-order chi connectivity index (χ1) is 15.9. The first-order valence-electron chi connectivity index (χ1n) is 10.7. The molecule has 0 saturated carbocycles. The SMILES string of the molecule is CCNC(=O)C(Cc1ccccc1)N(Cc1ccc(Cl)cc1)C(=O)Cc1c(Cl)cccc1Cl. The molecule has 2 amide bonds. The number of nitrogens with zero attached hydrogens (tertiary/aromatic N) is 1. The van der Waals surface area contributed by atoms with Crippen molar-refractivity contribution < 1.29 is 9.59 Å². The highest BCUT2D eigenvalue weighted by Crippen LogP contribution is 2.26. The van der Waals surface area contributed by atoms with Crippen LogP contribution in [0.1, 0.15) is 23.6 Å². The molecule has 4 nitrogen and oxygen atoms in total. The van der Waals surface area contributed by atoms with Gasteiger partial charge in [-0.1, -0.05) is 83.3 Å². The van der Waals surface area contributed by atoms with Gasteiger partial charge in [-0.3, -0.25) is 9.59 Å². The van der Waals surface area contributed by atoms with Crippen molar-refractivity contribution in [1.82, 2.24) is 10.2 Å². The summed E-state index contributed by atoms with van der Waals surface area (Å²) in [6.45, 7) is 2.56. The summed E-state index contributed by atoms with van der Waals surface area (Å²) < 4.78 is 0. The Bertz CT molecular complexity index is 1070. The molecule has 0 fully saturated rings. The van der Waals surface area contributed by atoms with Crippen molar-refractivity contribution in [2.75, 3.05) is 6.54 Å². The van der Waals surface area contributed by atoms with E-state index in [2.05, 4.69) is 5.32 Å². The minimum atomic E-state index is -0.711. The second-order valence-electron chi connectivity index (χ2n) is 7.63. The molecule has 0 spiro atoms. The van der Waals surface area contributed by atoms with Crippen molar-refractivity contribution in [3.8, 4) is 0 Å². The summed E-state index contributed by atoms with van der Waals surface area (Å²) in [6.07, 6.45) is 0.360. The lowest BCUT2D eigenvalue weighted by molar-refractivity contribution is -0.140. The number of hydrogen-bond donors (Lipinski definition) is 1. The van der Waals surface area contributed by atoms with Crippen LogP contribution in [0, 0.1) is 0 Å². The molecule has 0 aliphatic rings. The third-order valence-electron chi connectivity index (χ3n) is 5.28. The molecule has 3 rings (SSSR count). The number of benzene rings is 3. The average molecular weight is 504 g/mol. The fraction of sp³-hybridized carbons (Fsp3) is 0.231. The van der Waals surface area contributed by atoms with Crippen molar-refractivity contribution in [2.24, 2.45) is 0 Å². The Morgan fingerprint density at radius 2 is 1.48 bits per heavy atom. The van der Waals surface area contributed by atoms with Crippen LogP contribution in [0.5, 0.6) is 0 Å². The van der Waals surface area contributed by atoms with Crippen molar-refractivity contribution in [1.29, 1.82) is 0 Å². The highest BCUT2D eigenvalue weighted by atomic mass is 35.5. The van der Waals surface area contributed by atoms with E-state index in [9.17, 15) is 9.59 Å². The van der Waals surface area contributed by atoms with E-state index in [4.69, 9.17) is 34.8 Å². The first-order valence-corrected chi connectivity index (χ1v) is 11.8. The van der Waals surface area contributed by atoms with Gasteiger partial charge < -0.3 is 10.2 Å². The lowest BCUT2D eigenvalue weighted by Gasteiger charge is -2.32. The van der Waals surface area contributed by atoms with E-state index in [1.807, 2.05) is 49.4 Å². The van der Waals surface area contributed by atoms with Crippen molar-refractivity contribution in [3.63, 3.8) is 0 Å². The molecule has 0 aromatic heterocycles. The monoisotopic (exact) mass is 502 g/mol. The van der Waals surface area contributed by atoms with E-state index < -0.39 is 6.04 Å². The van der Waals surface area contributed by atoms with E-state index in [1.165, 1.54) is 0 Å². The quantitative estimate of drug-likeness (QED) is 0.391. The van der Waals surface area contributed by atoms with Crippen LogP contribution >= 0.6 is 34.8 Å². The largest absolute Gasteiger partial charge is 0.355 e. The molecule has 172 valence electrons. The van der Waals surface area contributed by atoms with Crippen LogP contribution in [0.4, 0.5) is 0 Å². The number of likely N-dealkylation sites (N-methyl/N-ethyl adjacent to an activating group) is 1. The van der Waals surface area contributed by atoms with E-state index in [0.29, 0.717) is 33.6 Å². The number of carbonyl (C=O) groups excluding carboxylic acids is 2. The van der Waals surface area contributed by atoms with Gasteiger partial charge >= 0.3 is 0 Å². The standard InChI is InChI=1S/C26H25Cl3N2O2/c1-2-30-26(33)24(15-18-7-4-3-5-8-18)31(17-19-11-13-20(27)14-12-19)25(32)16-21-22(28)9-6-10-23(21)29/h3-14,24H,2,15-17H2,1H3,(H,30,33). The minimum Gasteiger partial charge on any atom is -0.355 e. The number of rotatable bonds is 9. The number of amides is 2. The van der Waals surface area contributed by atoms with Crippen LogP contribution in [0.3, 0.4) is 0 Å². The van der Waals surface area contributed by atoms with Crippen molar-refractivity contribution >= 4 is 46.6 Å². The predicted octanol–water partition coefficient (Wildman–Crippen LogP) is 5.97. The third-order valence-corrected chi connectivity index (χ3v) is 6.24. The van der Waals surface area contributed by atoms with Crippen LogP contribution < -0.4 is 5.32 Å². The third kappa shape index (κ3) is 6.97. The van der Waals surface area contributed by atoms with E-state index in [0.717, 1.165) is 11.1 Å². The van der Waals surface area contributed by atoms with Gasteiger partial charge in [0.2, 0.25) is 11.8 Å². The zero-order chi connectivity index (χ0) is 23.8. The molecule has 33 heavy (non-hydrogen) atoms. The molecule has 1 N–H and O–H groups in total. The topological polar surface area (TPSA) is 49.4 Å². The van der Waals surface area contributed by atoms with Gasteiger partial charge in [-0.15, -0.1) is 0 Å². The van der Waals surface area contributed by atoms with Gasteiger partial charge in [0.05, 0.1) is 6.42 Å². The molecular weight excluding hydrogens is 479 g/mol. The summed E-state index contributed by atoms with van der Waals surface area (Å²) in [5.41, 5.74) is 2.36. The second-order valence-corrected chi connectivity index (χ2v) is 8.88. The summed E-state index contributed by atoms with van der Waals surface area (Å²) in [4.78, 5) is 28.4. The fourth-order valence-corrected chi connectivity index (χ4v) is 4.24. The molecule has 3 aromatic rings. The van der Waals surface area contributed by atoms with Gasteiger partial charge in [0.25, 0.3) is 0 Å². The van der Waals surface area contributed by atoms with Crippen LogP contribution in [-0.2, 0) is 29.0 Å². The number of halogens is 3. The summed E-state index contributed by atoms with van der Waals surface area (Å²) in [5, 5.41) is 4.31. The summed E-state index contributed by atoms with van der Waals surface area (Å²) in [5.74, 6) is -0.457. The highest BCUT2D eigenvalue weighted by Gasteiger charge is 2.30. The predicted molar refractivity (Wildman–Crippen MR) is 135 cm³/mol. The maximum Gasteiger partial charge on any atom is 0.243 e. The normalized spacial score (nSPS) is 11.6. The summed E-state index contributed by atoms with van der Waals surface area (Å²) in [6, 6.07) is 21.3. The number of hydrogen-bond acceptors (Lipinski definition) is 2. The molecule has 0 aliphatic carbocycles. The molecule has 0 bridgehead atoms. The second kappa shape index (κ2) is 12.1. The molecule has 0 aliphatic heterocycles. The Balaban J connectivity index is 1.98. The van der Waals surface area contributed by atoms with Gasteiger partial charge in [-0.25, -0.2) is 0 Å². The van der Waals surface area contributed by atoms with Gasteiger partial charge in [-0.2, -0.15) is 0 Å². The van der Waals surface area contributed by atoms with Crippen LogP contribution in [0.15, 0.2) is 72.8 Å². The maximum atomic E-state index is 13.6. The Hall–Kier alpha value is -2.53. The summed E-state index contributed by atoms with van der Waals surface area (Å²) in [7, 11) is 0. The smallest absolute Gasteiger partial charge is 0.243 e. The van der Waals surface area contributed by atoms with Gasteiger partial charge in [-0.05, 0) is 47.9 Å². The number of nitrogens with one attached hydrogen (secondary N) is 1. The van der Waals surface area contributed by atoms with Crippen molar-refractivity contribution in [3.05, 3.63) is 105 Å². The van der Waals surface area contributed by atoms with Crippen LogP contribution in [-0.4, -0.2) is 29.3 Å². The van der Waals surface area contributed by atoms with Gasteiger partial charge in [0.1, 0.15) is 6.04 Å². The Morgan fingerprint density at radius 3 is 2.09 bits per heavy atom. The molecular formula is C26H25Cl3N2O2. The zero-order valence-corrected chi connectivity index (χ0v) is 20.5. The maximum absolute atomic E-state index is 13.6. The molecule has 3 aromatic carbocycles. The Kier molecular flexibility index (Phi) is 9.19. The first kappa shape index (κ1) is 25.1. The average Bonchev–Trinajstić information content (AvgIpc) is 2.80. The summed E-state index contributed by atoms with van der Waals surface area (Å²) >= 11 is 18.7. The fourth-order valence-electron chi connectivity index (χ4n) is 3.59. The van der Waals surface area contributed by atoms with Gasteiger partial charge in [0, 0.05) is 34.6 Å². The molecule has 7 heteroatoms. The van der Waals surface area contributed by atoms with Crippen LogP contribution in [0.2, 0.25) is 15.1 Å². The van der Waals surface area contributed by atoms with Crippen molar-refractivity contribution in [2.45, 2.75) is 32.4 Å².